The molecule has 1 aromatic rings. The Morgan fingerprint density at radius 2 is 2.36 bits per heavy atom. The fraction of sp³-hybridized carbons (Fsp3) is 0.375. The number of fused-ring (bicyclic) bond motifs is 1. The predicted octanol–water partition coefficient (Wildman–Crippen LogP) is 1.64. The molecule has 0 radical (unpaired) electrons. The van der Waals surface area contributed by atoms with Crippen LogP contribution in [0.1, 0.15) is 20.1 Å². The summed E-state index contributed by atoms with van der Waals surface area (Å²) in [6, 6.07) is 1.98. The number of hydrogen-bond donors (Lipinski definition) is 0. The van der Waals surface area contributed by atoms with Gasteiger partial charge in [-0.05, 0) is 13.0 Å². The van der Waals surface area contributed by atoms with Crippen molar-refractivity contribution in [3.05, 3.63) is 21.4 Å². The highest BCUT2D eigenvalue weighted by molar-refractivity contribution is 7.12. The van der Waals surface area contributed by atoms with Gasteiger partial charge in [0.2, 0.25) is 0 Å². The summed E-state index contributed by atoms with van der Waals surface area (Å²) in [7, 11) is 1.84. The van der Waals surface area contributed by atoms with Crippen molar-refractivity contribution in [2.45, 2.75) is 13.5 Å². The smallest absolute Gasteiger partial charge is 0.255 e. The van der Waals surface area contributed by atoms with Gasteiger partial charge in [-0.3, -0.25) is 4.79 Å². The van der Waals surface area contributed by atoms with Crippen molar-refractivity contribution in [2.75, 3.05) is 7.05 Å². The molecule has 1 aromatic heterocycles. The zero-order valence-electron chi connectivity index (χ0n) is 6.55. The molecule has 0 aliphatic carbocycles. The zero-order valence-corrected chi connectivity index (χ0v) is 7.36. The van der Waals surface area contributed by atoms with Crippen LogP contribution in [0.15, 0.2) is 6.07 Å². The first-order chi connectivity index (χ1) is 5.18. The highest BCUT2D eigenvalue weighted by Gasteiger charge is 2.25. The predicted molar refractivity (Wildman–Crippen MR) is 44.9 cm³/mol. The summed E-state index contributed by atoms with van der Waals surface area (Å²) in [4.78, 5) is 15.5. The molecule has 0 saturated carbocycles. The molecule has 0 spiro atoms. The van der Waals surface area contributed by atoms with E-state index in [1.54, 1.807) is 16.2 Å². The van der Waals surface area contributed by atoms with Crippen molar-refractivity contribution >= 4 is 17.2 Å². The Morgan fingerprint density at radius 1 is 1.64 bits per heavy atom. The van der Waals surface area contributed by atoms with Crippen molar-refractivity contribution in [2.24, 2.45) is 0 Å². The summed E-state index contributed by atoms with van der Waals surface area (Å²) in [6.07, 6.45) is 0. The number of thiophene rings is 1. The van der Waals surface area contributed by atoms with Gasteiger partial charge in [0.25, 0.3) is 5.91 Å². The largest absolute Gasteiger partial charge is 0.337 e. The van der Waals surface area contributed by atoms with Gasteiger partial charge in [-0.1, -0.05) is 0 Å². The van der Waals surface area contributed by atoms with Crippen molar-refractivity contribution < 1.29 is 4.79 Å². The van der Waals surface area contributed by atoms with Gasteiger partial charge in [0.1, 0.15) is 0 Å². The lowest BCUT2D eigenvalue weighted by atomic mass is 10.3. The van der Waals surface area contributed by atoms with Crippen LogP contribution in [0.5, 0.6) is 0 Å². The Kier molecular flexibility index (Phi) is 1.29. The van der Waals surface area contributed by atoms with E-state index in [1.807, 2.05) is 20.0 Å². The van der Waals surface area contributed by atoms with Crippen molar-refractivity contribution in [1.82, 2.24) is 4.90 Å². The molecule has 2 nitrogen and oxygen atoms in total. The second-order valence-corrected chi connectivity index (χ2v) is 4.20. The SMILES string of the molecule is Cc1cc2c(s1)CN(C)C2=O. The summed E-state index contributed by atoms with van der Waals surface area (Å²) in [5.74, 6) is 0.171. The lowest BCUT2D eigenvalue weighted by Crippen LogP contribution is -2.17. The standard InChI is InChI=1S/C8H9NOS/c1-5-3-6-7(11-5)4-9(2)8(6)10/h3H,4H2,1-2H3. The van der Waals surface area contributed by atoms with E-state index < -0.39 is 0 Å². The number of aryl methyl sites for hydroxylation is 1. The molecule has 2 heterocycles. The molecule has 0 saturated heterocycles. The maximum absolute atomic E-state index is 11.3. The molecule has 0 fully saturated rings. The number of nitrogens with zero attached hydrogens (tertiary/aromatic N) is 1. The molecule has 1 aliphatic rings. The van der Waals surface area contributed by atoms with Gasteiger partial charge in [-0.15, -0.1) is 11.3 Å². The Hall–Kier alpha value is -0.830. The Labute approximate surface area is 69.4 Å². The Balaban J connectivity index is 2.52. The average molecular weight is 167 g/mol. The minimum atomic E-state index is 0.171. The maximum atomic E-state index is 11.3. The van der Waals surface area contributed by atoms with E-state index in [2.05, 4.69) is 0 Å². The first kappa shape index (κ1) is 6.85. The first-order valence-corrected chi connectivity index (χ1v) is 4.35. The molecular formula is C8H9NOS. The molecule has 11 heavy (non-hydrogen) atoms. The fourth-order valence-corrected chi connectivity index (χ4v) is 2.43. The van der Waals surface area contributed by atoms with E-state index in [1.165, 1.54) is 9.75 Å². The van der Waals surface area contributed by atoms with Crippen LogP contribution < -0.4 is 0 Å². The van der Waals surface area contributed by atoms with E-state index in [9.17, 15) is 4.79 Å². The van der Waals surface area contributed by atoms with Gasteiger partial charge in [0, 0.05) is 16.8 Å². The number of rotatable bonds is 0. The molecule has 3 heteroatoms. The third kappa shape index (κ3) is 0.878. The van der Waals surface area contributed by atoms with E-state index in [4.69, 9.17) is 0 Å². The van der Waals surface area contributed by atoms with E-state index in [-0.39, 0.29) is 5.91 Å². The quantitative estimate of drug-likeness (QED) is 0.575. The first-order valence-electron chi connectivity index (χ1n) is 3.53. The van der Waals surface area contributed by atoms with Crippen LogP contribution in [0.4, 0.5) is 0 Å². The molecule has 2 rings (SSSR count). The summed E-state index contributed by atoms with van der Waals surface area (Å²) < 4.78 is 0. The van der Waals surface area contributed by atoms with Gasteiger partial charge in [0.15, 0.2) is 0 Å². The summed E-state index contributed by atoms with van der Waals surface area (Å²) in [5.41, 5.74) is 0.912. The Morgan fingerprint density at radius 3 is 3.00 bits per heavy atom. The maximum Gasteiger partial charge on any atom is 0.255 e. The summed E-state index contributed by atoms with van der Waals surface area (Å²) >= 11 is 1.72. The van der Waals surface area contributed by atoms with Gasteiger partial charge in [0.05, 0.1) is 12.1 Å². The minimum Gasteiger partial charge on any atom is -0.337 e. The molecule has 0 unspecified atom stereocenters. The number of carbonyl (C=O) groups excluding carboxylic acids is 1. The lowest BCUT2D eigenvalue weighted by Gasteiger charge is -2.05. The van der Waals surface area contributed by atoms with Crippen LogP contribution in [0.25, 0.3) is 0 Å². The third-order valence-electron chi connectivity index (χ3n) is 1.89. The summed E-state index contributed by atoms with van der Waals surface area (Å²) in [6.45, 7) is 2.84. The molecule has 58 valence electrons. The monoisotopic (exact) mass is 167 g/mol. The zero-order chi connectivity index (χ0) is 8.01. The van der Waals surface area contributed by atoms with Crippen molar-refractivity contribution in [3.63, 3.8) is 0 Å². The molecule has 0 N–H and O–H groups in total. The molecular weight excluding hydrogens is 158 g/mol. The van der Waals surface area contributed by atoms with Gasteiger partial charge < -0.3 is 4.90 Å². The van der Waals surface area contributed by atoms with E-state index in [0.717, 1.165) is 12.1 Å². The highest BCUT2D eigenvalue weighted by atomic mass is 32.1. The van der Waals surface area contributed by atoms with Crippen LogP contribution in [0.2, 0.25) is 0 Å². The van der Waals surface area contributed by atoms with Crippen LogP contribution in [0, 0.1) is 6.92 Å². The van der Waals surface area contributed by atoms with Crippen molar-refractivity contribution in [1.29, 1.82) is 0 Å². The molecule has 0 aromatic carbocycles. The lowest BCUT2D eigenvalue weighted by molar-refractivity contribution is 0.0816. The average Bonchev–Trinajstić information content (AvgIpc) is 2.37. The molecule has 0 atom stereocenters. The molecule has 1 aliphatic heterocycles. The normalized spacial score (nSPS) is 15.8. The number of carbonyl (C=O) groups is 1. The minimum absolute atomic E-state index is 0.171. The van der Waals surface area contributed by atoms with Gasteiger partial charge in [-0.25, -0.2) is 0 Å². The van der Waals surface area contributed by atoms with E-state index in [0.29, 0.717) is 0 Å². The summed E-state index contributed by atoms with van der Waals surface area (Å²) in [5, 5.41) is 0. The number of amides is 1. The second-order valence-electron chi connectivity index (χ2n) is 2.86. The third-order valence-corrected chi connectivity index (χ3v) is 2.93. The highest BCUT2D eigenvalue weighted by Crippen LogP contribution is 2.29. The van der Waals surface area contributed by atoms with Gasteiger partial charge in [-0.2, -0.15) is 0 Å². The molecule has 0 bridgehead atoms. The topological polar surface area (TPSA) is 20.3 Å². The van der Waals surface area contributed by atoms with Crippen LogP contribution >= 0.6 is 11.3 Å². The van der Waals surface area contributed by atoms with E-state index >= 15 is 0 Å². The second kappa shape index (κ2) is 2.08. The number of hydrogen-bond acceptors (Lipinski definition) is 2. The van der Waals surface area contributed by atoms with Crippen LogP contribution in [-0.2, 0) is 6.54 Å². The van der Waals surface area contributed by atoms with Gasteiger partial charge >= 0.3 is 0 Å². The van der Waals surface area contributed by atoms with Crippen LogP contribution in [-0.4, -0.2) is 17.9 Å². The van der Waals surface area contributed by atoms with Crippen LogP contribution in [0.3, 0.4) is 0 Å². The fourth-order valence-electron chi connectivity index (χ4n) is 1.35. The van der Waals surface area contributed by atoms with Crippen molar-refractivity contribution in [3.8, 4) is 0 Å². The Bertz CT molecular complexity index is 316. The molecule has 1 amide bonds.